The van der Waals surface area contributed by atoms with E-state index in [-0.39, 0.29) is 6.42 Å². The SMILES string of the molecule is CCOC(=O)c1sc(-n2cc(CCC(=O)O)nn2)nc1C. The van der Waals surface area contributed by atoms with Crippen LogP contribution in [0.3, 0.4) is 0 Å². The minimum absolute atomic E-state index is 0.0103. The monoisotopic (exact) mass is 310 g/mol. The Morgan fingerprint density at radius 1 is 1.48 bits per heavy atom. The summed E-state index contributed by atoms with van der Waals surface area (Å²) in [5, 5.41) is 16.9. The molecule has 112 valence electrons. The lowest BCUT2D eigenvalue weighted by Gasteiger charge is -1.97. The highest BCUT2D eigenvalue weighted by Crippen LogP contribution is 2.22. The van der Waals surface area contributed by atoms with E-state index in [1.165, 1.54) is 4.68 Å². The number of carboxylic acids is 1. The molecule has 2 aromatic heterocycles. The van der Waals surface area contributed by atoms with Gasteiger partial charge in [0.05, 0.1) is 30.6 Å². The summed E-state index contributed by atoms with van der Waals surface area (Å²) in [4.78, 5) is 26.9. The second kappa shape index (κ2) is 6.44. The summed E-state index contributed by atoms with van der Waals surface area (Å²) < 4.78 is 6.38. The third-order valence-electron chi connectivity index (χ3n) is 2.58. The number of aliphatic carboxylic acids is 1. The van der Waals surface area contributed by atoms with Crippen LogP contribution in [0.15, 0.2) is 6.20 Å². The van der Waals surface area contributed by atoms with E-state index in [2.05, 4.69) is 15.3 Å². The van der Waals surface area contributed by atoms with Gasteiger partial charge in [-0.15, -0.1) is 5.10 Å². The Morgan fingerprint density at radius 2 is 2.24 bits per heavy atom. The van der Waals surface area contributed by atoms with Crippen molar-refractivity contribution in [1.82, 2.24) is 20.0 Å². The van der Waals surface area contributed by atoms with Crippen molar-refractivity contribution in [1.29, 1.82) is 0 Å². The van der Waals surface area contributed by atoms with Crippen LogP contribution in [-0.4, -0.2) is 43.6 Å². The molecular weight excluding hydrogens is 296 g/mol. The molecule has 0 spiro atoms. The molecule has 0 unspecified atom stereocenters. The second-order valence-corrected chi connectivity index (χ2v) is 5.16. The highest BCUT2D eigenvalue weighted by Gasteiger charge is 2.18. The number of esters is 1. The third kappa shape index (κ3) is 3.63. The van der Waals surface area contributed by atoms with Crippen molar-refractivity contribution in [2.45, 2.75) is 26.7 Å². The normalized spacial score (nSPS) is 10.6. The van der Waals surface area contributed by atoms with Crippen LogP contribution in [0.2, 0.25) is 0 Å². The van der Waals surface area contributed by atoms with Crippen LogP contribution in [0.5, 0.6) is 0 Å². The zero-order valence-electron chi connectivity index (χ0n) is 11.6. The molecule has 0 saturated heterocycles. The highest BCUT2D eigenvalue weighted by atomic mass is 32.1. The summed E-state index contributed by atoms with van der Waals surface area (Å²) in [6.45, 7) is 3.75. The van der Waals surface area contributed by atoms with Crippen LogP contribution in [0.1, 0.15) is 34.4 Å². The molecule has 21 heavy (non-hydrogen) atoms. The van der Waals surface area contributed by atoms with Gasteiger partial charge in [-0.2, -0.15) is 4.68 Å². The van der Waals surface area contributed by atoms with E-state index in [0.29, 0.717) is 34.4 Å². The van der Waals surface area contributed by atoms with Crippen LogP contribution in [0.4, 0.5) is 0 Å². The zero-order valence-corrected chi connectivity index (χ0v) is 12.4. The fraction of sp³-hybridized carbons (Fsp3) is 0.417. The quantitative estimate of drug-likeness (QED) is 0.799. The molecule has 0 aromatic carbocycles. The highest BCUT2D eigenvalue weighted by molar-refractivity contribution is 7.16. The van der Waals surface area contributed by atoms with E-state index >= 15 is 0 Å². The number of thiazole rings is 1. The van der Waals surface area contributed by atoms with Gasteiger partial charge in [0.15, 0.2) is 0 Å². The van der Waals surface area contributed by atoms with Crippen LogP contribution in [0.25, 0.3) is 5.13 Å². The topological polar surface area (TPSA) is 107 Å². The molecule has 1 N–H and O–H groups in total. The van der Waals surface area contributed by atoms with Gasteiger partial charge in [0, 0.05) is 6.42 Å². The maximum absolute atomic E-state index is 11.7. The molecule has 0 fully saturated rings. The fourth-order valence-corrected chi connectivity index (χ4v) is 2.49. The largest absolute Gasteiger partial charge is 0.481 e. The molecule has 2 rings (SSSR count). The summed E-state index contributed by atoms with van der Waals surface area (Å²) in [6.07, 6.45) is 1.89. The Morgan fingerprint density at radius 3 is 2.90 bits per heavy atom. The average molecular weight is 310 g/mol. The minimum Gasteiger partial charge on any atom is -0.481 e. The van der Waals surface area contributed by atoms with Gasteiger partial charge in [0.1, 0.15) is 4.88 Å². The van der Waals surface area contributed by atoms with Gasteiger partial charge in [0.2, 0.25) is 5.13 Å². The second-order valence-electron chi connectivity index (χ2n) is 4.18. The standard InChI is InChI=1S/C12H14N4O4S/c1-3-20-11(19)10-7(2)13-12(21-10)16-6-8(14-15-16)4-5-9(17)18/h6H,3-5H2,1-2H3,(H,17,18). The molecule has 0 bridgehead atoms. The zero-order chi connectivity index (χ0) is 15.4. The molecule has 0 radical (unpaired) electrons. The number of rotatable bonds is 6. The van der Waals surface area contributed by atoms with E-state index in [1.807, 2.05) is 0 Å². The molecule has 2 aromatic rings. The molecule has 0 atom stereocenters. The van der Waals surface area contributed by atoms with Gasteiger partial charge < -0.3 is 9.84 Å². The molecule has 0 saturated carbocycles. The minimum atomic E-state index is -0.890. The van der Waals surface area contributed by atoms with Gasteiger partial charge in [-0.25, -0.2) is 9.78 Å². The van der Waals surface area contributed by atoms with Crippen LogP contribution >= 0.6 is 11.3 Å². The van der Waals surface area contributed by atoms with Crippen molar-refractivity contribution in [3.8, 4) is 5.13 Å². The van der Waals surface area contributed by atoms with E-state index in [0.717, 1.165) is 11.3 Å². The van der Waals surface area contributed by atoms with Crippen molar-refractivity contribution in [3.63, 3.8) is 0 Å². The first-order valence-electron chi connectivity index (χ1n) is 6.29. The van der Waals surface area contributed by atoms with Crippen molar-refractivity contribution >= 4 is 23.3 Å². The van der Waals surface area contributed by atoms with Crippen LogP contribution in [0, 0.1) is 6.92 Å². The summed E-state index contributed by atoms with van der Waals surface area (Å²) in [5.41, 5.74) is 1.12. The van der Waals surface area contributed by atoms with Crippen LogP contribution in [-0.2, 0) is 16.0 Å². The lowest BCUT2D eigenvalue weighted by Crippen LogP contribution is -2.03. The molecule has 0 aliphatic carbocycles. The van der Waals surface area contributed by atoms with Crippen molar-refractivity contribution in [3.05, 3.63) is 22.5 Å². The Labute approximate surface area is 124 Å². The number of hydrogen-bond donors (Lipinski definition) is 1. The molecule has 8 nitrogen and oxygen atoms in total. The van der Waals surface area contributed by atoms with Crippen LogP contribution < -0.4 is 0 Å². The van der Waals surface area contributed by atoms with Crippen molar-refractivity contribution in [2.24, 2.45) is 0 Å². The van der Waals surface area contributed by atoms with E-state index < -0.39 is 11.9 Å². The third-order valence-corrected chi connectivity index (χ3v) is 3.71. The molecular formula is C12H14N4O4S. The first-order valence-corrected chi connectivity index (χ1v) is 7.10. The lowest BCUT2D eigenvalue weighted by molar-refractivity contribution is -0.136. The maximum atomic E-state index is 11.7. The fourth-order valence-electron chi connectivity index (χ4n) is 1.61. The number of aromatic nitrogens is 4. The van der Waals surface area contributed by atoms with Crippen molar-refractivity contribution < 1.29 is 19.4 Å². The number of aryl methyl sites for hydroxylation is 2. The smallest absolute Gasteiger partial charge is 0.350 e. The predicted octanol–water partition coefficient (Wildman–Crippen LogP) is 1.23. The first-order chi connectivity index (χ1) is 10.0. The summed E-state index contributed by atoms with van der Waals surface area (Å²) in [5.74, 6) is -1.30. The Hall–Kier alpha value is -2.29. The number of nitrogens with zero attached hydrogens (tertiary/aromatic N) is 4. The molecule has 0 aliphatic heterocycles. The molecule has 0 aliphatic rings. The summed E-state index contributed by atoms with van der Waals surface area (Å²) in [6, 6.07) is 0. The van der Waals surface area contributed by atoms with Gasteiger partial charge in [-0.1, -0.05) is 16.6 Å². The lowest BCUT2D eigenvalue weighted by atomic mass is 10.2. The van der Waals surface area contributed by atoms with Crippen molar-refractivity contribution in [2.75, 3.05) is 6.61 Å². The number of carbonyl (C=O) groups excluding carboxylic acids is 1. The summed E-state index contributed by atoms with van der Waals surface area (Å²) in [7, 11) is 0. The number of carboxylic acid groups (broad SMARTS) is 1. The van der Waals surface area contributed by atoms with Gasteiger partial charge >= 0.3 is 11.9 Å². The van der Waals surface area contributed by atoms with Gasteiger partial charge in [-0.05, 0) is 13.8 Å². The van der Waals surface area contributed by atoms with Gasteiger partial charge in [-0.3, -0.25) is 4.79 Å². The Balaban J connectivity index is 2.17. The predicted molar refractivity (Wildman–Crippen MR) is 73.7 cm³/mol. The Bertz CT molecular complexity index is 664. The summed E-state index contributed by atoms with van der Waals surface area (Å²) >= 11 is 1.16. The number of carbonyl (C=O) groups is 2. The first kappa shape index (κ1) is 15.1. The van der Waals surface area contributed by atoms with E-state index in [9.17, 15) is 9.59 Å². The van der Waals surface area contributed by atoms with Gasteiger partial charge in [0.25, 0.3) is 0 Å². The average Bonchev–Trinajstić information content (AvgIpc) is 3.03. The van der Waals surface area contributed by atoms with E-state index in [1.54, 1.807) is 20.0 Å². The number of ether oxygens (including phenoxy) is 1. The number of hydrogen-bond acceptors (Lipinski definition) is 7. The molecule has 9 heteroatoms. The molecule has 2 heterocycles. The van der Waals surface area contributed by atoms with E-state index in [4.69, 9.17) is 9.84 Å². The Kier molecular flexibility index (Phi) is 4.63. The maximum Gasteiger partial charge on any atom is 0.350 e. The molecule has 0 amide bonds.